The molecular weight excluding hydrogens is 328 g/mol. The van der Waals surface area contributed by atoms with Crippen LogP contribution in [-0.4, -0.2) is 53.6 Å². The van der Waals surface area contributed by atoms with E-state index in [4.69, 9.17) is 22.1 Å². The molecule has 1 saturated heterocycles. The zero-order valence-corrected chi connectivity index (χ0v) is 14.6. The first-order chi connectivity index (χ1) is 11.5. The third-order valence-corrected chi connectivity index (χ3v) is 4.20. The fraction of sp³-hybridized carbons (Fsp3) is 0.438. The van der Waals surface area contributed by atoms with Crippen LogP contribution in [0, 0.1) is 0 Å². The van der Waals surface area contributed by atoms with Gasteiger partial charge in [-0.2, -0.15) is 15.0 Å². The van der Waals surface area contributed by atoms with Crippen LogP contribution in [0.4, 0.5) is 11.9 Å². The summed E-state index contributed by atoms with van der Waals surface area (Å²) in [5.41, 5.74) is 6.80. The molecule has 3 rings (SSSR count). The molecular formula is C16H21ClN6O. The SMILES string of the molecule is CN(C)c1nc(N)nc(CN2CCOC(c3ccccc3Cl)C2)n1. The number of anilines is 2. The van der Waals surface area contributed by atoms with Crippen LogP contribution in [0.3, 0.4) is 0 Å². The summed E-state index contributed by atoms with van der Waals surface area (Å²) < 4.78 is 5.89. The van der Waals surface area contributed by atoms with E-state index >= 15 is 0 Å². The molecule has 1 aromatic carbocycles. The molecule has 0 aliphatic carbocycles. The van der Waals surface area contributed by atoms with Crippen LogP contribution in [0.25, 0.3) is 0 Å². The van der Waals surface area contributed by atoms with Gasteiger partial charge < -0.3 is 15.4 Å². The second kappa shape index (κ2) is 7.29. The molecule has 1 atom stereocenters. The topological polar surface area (TPSA) is 80.4 Å². The molecule has 1 aromatic heterocycles. The number of rotatable bonds is 4. The van der Waals surface area contributed by atoms with Gasteiger partial charge in [0.15, 0.2) is 0 Å². The van der Waals surface area contributed by atoms with Crippen molar-refractivity contribution in [3.8, 4) is 0 Å². The minimum absolute atomic E-state index is 0.0556. The monoisotopic (exact) mass is 348 g/mol. The maximum atomic E-state index is 6.29. The molecule has 0 amide bonds. The van der Waals surface area contributed by atoms with Gasteiger partial charge in [-0.05, 0) is 6.07 Å². The van der Waals surface area contributed by atoms with Gasteiger partial charge in [0.05, 0.1) is 19.3 Å². The molecule has 24 heavy (non-hydrogen) atoms. The molecule has 8 heteroatoms. The average molecular weight is 349 g/mol. The summed E-state index contributed by atoms with van der Waals surface area (Å²) >= 11 is 6.29. The number of nitrogens with zero attached hydrogens (tertiary/aromatic N) is 5. The van der Waals surface area contributed by atoms with E-state index < -0.39 is 0 Å². The number of nitrogen functional groups attached to an aromatic ring is 1. The fourth-order valence-corrected chi connectivity index (χ4v) is 2.92. The number of benzene rings is 1. The van der Waals surface area contributed by atoms with Gasteiger partial charge in [-0.3, -0.25) is 4.90 Å². The molecule has 2 aromatic rings. The van der Waals surface area contributed by atoms with E-state index in [9.17, 15) is 0 Å². The molecule has 0 radical (unpaired) electrons. The van der Waals surface area contributed by atoms with E-state index in [1.807, 2.05) is 43.3 Å². The van der Waals surface area contributed by atoms with E-state index in [0.29, 0.717) is 24.9 Å². The number of hydrogen-bond acceptors (Lipinski definition) is 7. The van der Waals surface area contributed by atoms with Gasteiger partial charge in [-0.25, -0.2) is 0 Å². The highest BCUT2D eigenvalue weighted by molar-refractivity contribution is 6.31. The first-order valence-corrected chi connectivity index (χ1v) is 8.17. The van der Waals surface area contributed by atoms with Crippen LogP contribution >= 0.6 is 11.6 Å². The molecule has 7 nitrogen and oxygen atoms in total. The second-order valence-electron chi connectivity index (χ2n) is 5.92. The quantitative estimate of drug-likeness (QED) is 0.901. The lowest BCUT2D eigenvalue weighted by Gasteiger charge is -2.33. The molecule has 1 aliphatic heterocycles. The summed E-state index contributed by atoms with van der Waals surface area (Å²) in [4.78, 5) is 16.9. The summed E-state index contributed by atoms with van der Waals surface area (Å²) in [6.45, 7) is 2.77. The van der Waals surface area contributed by atoms with E-state index in [1.54, 1.807) is 0 Å². The summed E-state index contributed by atoms with van der Waals surface area (Å²) in [6.07, 6.45) is -0.0556. The van der Waals surface area contributed by atoms with Gasteiger partial charge in [0, 0.05) is 37.8 Å². The van der Waals surface area contributed by atoms with Gasteiger partial charge in [0.25, 0.3) is 0 Å². The Hall–Kier alpha value is -1.96. The Bertz CT molecular complexity index is 711. The van der Waals surface area contributed by atoms with Gasteiger partial charge in [-0.15, -0.1) is 0 Å². The summed E-state index contributed by atoms with van der Waals surface area (Å²) in [7, 11) is 3.75. The van der Waals surface area contributed by atoms with E-state index in [-0.39, 0.29) is 12.1 Å². The predicted molar refractivity (Wildman–Crippen MR) is 94.0 cm³/mol. The molecule has 1 unspecified atom stereocenters. The molecule has 128 valence electrons. The van der Waals surface area contributed by atoms with Crippen LogP contribution in [0.1, 0.15) is 17.5 Å². The Morgan fingerprint density at radius 3 is 2.83 bits per heavy atom. The van der Waals surface area contributed by atoms with Gasteiger partial charge in [-0.1, -0.05) is 29.8 Å². The molecule has 0 bridgehead atoms. The largest absolute Gasteiger partial charge is 0.371 e. The third kappa shape index (κ3) is 3.92. The normalized spacial score (nSPS) is 18.5. The van der Waals surface area contributed by atoms with E-state index in [0.717, 1.165) is 23.7 Å². The zero-order chi connectivity index (χ0) is 17.1. The van der Waals surface area contributed by atoms with Gasteiger partial charge in [0.2, 0.25) is 11.9 Å². The number of halogens is 1. The van der Waals surface area contributed by atoms with Crippen LogP contribution < -0.4 is 10.6 Å². The number of aromatic nitrogens is 3. The van der Waals surface area contributed by atoms with Crippen molar-refractivity contribution in [1.29, 1.82) is 0 Å². The van der Waals surface area contributed by atoms with Crippen molar-refractivity contribution in [2.75, 3.05) is 44.4 Å². The van der Waals surface area contributed by atoms with Crippen molar-refractivity contribution < 1.29 is 4.74 Å². The van der Waals surface area contributed by atoms with Crippen molar-refractivity contribution >= 4 is 23.5 Å². The Balaban J connectivity index is 1.73. The maximum Gasteiger partial charge on any atom is 0.229 e. The lowest BCUT2D eigenvalue weighted by molar-refractivity contribution is -0.0336. The standard InChI is InChI=1S/C16H21ClN6O/c1-22(2)16-20-14(19-15(18)21-16)10-23-7-8-24-13(9-23)11-5-3-4-6-12(11)17/h3-6,13H,7-10H2,1-2H3,(H2,18,19,20,21). The second-order valence-corrected chi connectivity index (χ2v) is 6.33. The molecule has 0 spiro atoms. The number of hydrogen-bond donors (Lipinski definition) is 1. The lowest BCUT2D eigenvalue weighted by atomic mass is 10.1. The van der Waals surface area contributed by atoms with E-state index in [1.165, 1.54) is 0 Å². The third-order valence-electron chi connectivity index (χ3n) is 3.85. The van der Waals surface area contributed by atoms with E-state index in [2.05, 4.69) is 19.9 Å². The summed E-state index contributed by atoms with van der Waals surface area (Å²) in [6, 6.07) is 7.78. The highest BCUT2D eigenvalue weighted by atomic mass is 35.5. The first kappa shape index (κ1) is 16.9. The zero-order valence-electron chi connectivity index (χ0n) is 13.8. The van der Waals surface area contributed by atoms with Crippen molar-refractivity contribution in [3.63, 3.8) is 0 Å². The lowest BCUT2D eigenvalue weighted by Crippen LogP contribution is -2.38. The Morgan fingerprint density at radius 1 is 1.29 bits per heavy atom. The smallest absolute Gasteiger partial charge is 0.229 e. The van der Waals surface area contributed by atoms with Crippen LogP contribution in [-0.2, 0) is 11.3 Å². The Kier molecular flexibility index (Phi) is 5.13. The highest BCUT2D eigenvalue weighted by Crippen LogP contribution is 2.28. The maximum absolute atomic E-state index is 6.29. The molecule has 2 heterocycles. The average Bonchev–Trinajstić information content (AvgIpc) is 2.55. The summed E-state index contributed by atoms with van der Waals surface area (Å²) in [5, 5.41) is 0.726. The Labute approximate surface area is 146 Å². The number of nitrogens with two attached hydrogens (primary N) is 1. The first-order valence-electron chi connectivity index (χ1n) is 7.79. The van der Waals surface area contributed by atoms with Crippen molar-refractivity contribution in [2.24, 2.45) is 0 Å². The van der Waals surface area contributed by atoms with Gasteiger partial charge >= 0.3 is 0 Å². The number of morpholine rings is 1. The molecule has 0 saturated carbocycles. The van der Waals surface area contributed by atoms with Crippen molar-refractivity contribution in [2.45, 2.75) is 12.6 Å². The van der Waals surface area contributed by atoms with Gasteiger partial charge in [0.1, 0.15) is 5.82 Å². The van der Waals surface area contributed by atoms with Crippen molar-refractivity contribution in [1.82, 2.24) is 19.9 Å². The van der Waals surface area contributed by atoms with Crippen molar-refractivity contribution in [3.05, 3.63) is 40.7 Å². The highest BCUT2D eigenvalue weighted by Gasteiger charge is 2.24. The molecule has 1 fully saturated rings. The number of ether oxygens (including phenoxy) is 1. The minimum Gasteiger partial charge on any atom is -0.371 e. The predicted octanol–water partition coefficient (Wildman–Crippen LogP) is 1.75. The molecule has 2 N–H and O–H groups in total. The van der Waals surface area contributed by atoms with Crippen LogP contribution in [0.5, 0.6) is 0 Å². The fourth-order valence-electron chi connectivity index (χ4n) is 2.67. The van der Waals surface area contributed by atoms with Crippen LogP contribution in [0.15, 0.2) is 24.3 Å². The molecule has 1 aliphatic rings. The Morgan fingerprint density at radius 2 is 2.08 bits per heavy atom. The van der Waals surface area contributed by atoms with Crippen LogP contribution in [0.2, 0.25) is 5.02 Å². The minimum atomic E-state index is -0.0556. The summed E-state index contributed by atoms with van der Waals surface area (Å²) in [5.74, 6) is 1.46.